The van der Waals surface area contributed by atoms with Gasteiger partial charge < -0.3 is 10.2 Å². The van der Waals surface area contributed by atoms with E-state index < -0.39 is 6.04 Å². The first-order chi connectivity index (χ1) is 17.5. The Labute approximate surface area is 211 Å². The van der Waals surface area contributed by atoms with E-state index in [0.29, 0.717) is 22.5 Å². The van der Waals surface area contributed by atoms with Gasteiger partial charge in [0.2, 0.25) is 5.91 Å². The van der Waals surface area contributed by atoms with Gasteiger partial charge in [0, 0.05) is 12.6 Å². The number of para-hydroxylation sites is 1. The number of carbonyl (C=O) groups excluding carboxylic acids is 2. The van der Waals surface area contributed by atoms with Crippen LogP contribution < -0.4 is 5.32 Å². The van der Waals surface area contributed by atoms with Gasteiger partial charge in [0.05, 0.1) is 17.0 Å². The van der Waals surface area contributed by atoms with E-state index in [1.54, 1.807) is 35.2 Å². The summed E-state index contributed by atoms with van der Waals surface area (Å²) in [6, 6.07) is 20.2. The van der Waals surface area contributed by atoms with E-state index in [0.717, 1.165) is 36.8 Å². The Hall–Kier alpha value is -3.80. The lowest BCUT2D eigenvalue weighted by atomic mass is 9.94. The highest BCUT2D eigenvalue weighted by Gasteiger charge is 2.39. The van der Waals surface area contributed by atoms with Crippen LogP contribution in [0.1, 0.15) is 59.2 Å². The molecular weight excluding hydrogens is 453 g/mol. The minimum atomic E-state index is -0.960. The molecule has 1 saturated carbocycles. The molecule has 2 amide bonds. The number of rotatable bonds is 5. The Kier molecular flexibility index (Phi) is 6.94. The van der Waals surface area contributed by atoms with E-state index in [9.17, 15) is 14.0 Å². The van der Waals surface area contributed by atoms with Gasteiger partial charge in [-0.1, -0.05) is 73.4 Å². The number of nitrogens with zero attached hydrogens (tertiary/aromatic N) is 2. The summed E-state index contributed by atoms with van der Waals surface area (Å²) in [7, 11) is 0. The van der Waals surface area contributed by atoms with E-state index >= 15 is 0 Å². The summed E-state index contributed by atoms with van der Waals surface area (Å²) in [5.74, 6) is -0.877. The van der Waals surface area contributed by atoms with Gasteiger partial charge in [-0.3, -0.25) is 9.59 Å². The smallest absolute Gasteiger partial charge is 0.257 e. The lowest BCUT2D eigenvalue weighted by Crippen LogP contribution is -2.55. The molecule has 0 aromatic heterocycles. The van der Waals surface area contributed by atoms with Gasteiger partial charge in [-0.25, -0.2) is 9.38 Å². The van der Waals surface area contributed by atoms with Crippen LogP contribution in [0.25, 0.3) is 0 Å². The number of aryl methyl sites for hydroxylation is 1. The molecule has 36 heavy (non-hydrogen) atoms. The molecule has 0 saturated heterocycles. The van der Waals surface area contributed by atoms with Crippen LogP contribution in [0, 0.1) is 12.7 Å². The highest BCUT2D eigenvalue weighted by atomic mass is 19.1. The number of benzene rings is 3. The first-order valence-corrected chi connectivity index (χ1v) is 12.6. The zero-order valence-electron chi connectivity index (χ0n) is 20.4. The molecule has 0 bridgehead atoms. The minimum Gasteiger partial charge on any atom is -0.351 e. The Morgan fingerprint density at radius 3 is 2.39 bits per heavy atom. The number of aliphatic imine (C=N–C) groups is 1. The number of hydrogen-bond acceptors (Lipinski definition) is 3. The van der Waals surface area contributed by atoms with Crippen molar-refractivity contribution in [1.82, 2.24) is 10.2 Å². The topological polar surface area (TPSA) is 61.8 Å². The van der Waals surface area contributed by atoms with Crippen molar-refractivity contribution in [3.63, 3.8) is 0 Å². The Morgan fingerprint density at radius 2 is 1.67 bits per heavy atom. The van der Waals surface area contributed by atoms with Crippen LogP contribution in [0.3, 0.4) is 0 Å². The summed E-state index contributed by atoms with van der Waals surface area (Å²) >= 11 is 0. The lowest BCUT2D eigenvalue weighted by Gasteiger charge is -2.33. The third kappa shape index (κ3) is 5.08. The third-order valence-corrected chi connectivity index (χ3v) is 7.02. The zero-order valence-corrected chi connectivity index (χ0v) is 20.4. The molecule has 1 aliphatic carbocycles. The Balaban J connectivity index is 1.62. The van der Waals surface area contributed by atoms with E-state index in [1.807, 2.05) is 37.3 Å². The van der Waals surface area contributed by atoms with Gasteiger partial charge in [0.1, 0.15) is 5.82 Å². The number of amides is 2. The summed E-state index contributed by atoms with van der Waals surface area (Å²) in [5.41, 5.74) is 4.03. The molecular formula is C30H30FN3O2. The molecule has 184 valence electrons. The molecule has 1 aliphatic heterocycles. The van der Waals surface area contributed by atoms with Gasteiger partial charge in [0.25, 0.3) is 5.91 Å². The number of hydrogen-bond donors (Lipinski definition) is 1. The number of nitrogens with one attached hydrogen (secondary N) is 1. The normalized spacial score (nSPS) is 18.3. The molecule has 3 aromatic rings. The predicted octanol–water partition coefficient (Wildman–Crippen LogP) is 5.73. The van der Waals surface area contributed by atoms with E-state index in [1.165, 1.54) is 18.6 Å². The van der Waals surface area contributed by atoms with Gasteiger partial charge in [0.15, 0.2) is 6.04 Å². The summed E-state index contributed by atoms with van der Waals surface area (Å²) in [5, 5.41) is 3.21. The van der Waals surface area contributed by atoms with Crippen LogP contribution in [0.5, 0.6) is 0 Å². The number of halogens is 1. The van der Waals surface area contributed by atoms with Crippen LogP contribution in [0.4, 0.5) is 10.1 Å². The fourth-order valence-corrected chi connectivity index (χ4v) is 5.05. The van der Waals surface area contributed by atoms with Crippen molar-refractivity contribution in [3.8, 4) is 0 Å². The molecule has 5 rings (SSSR count). The SMILES string of the molecule is Cc1ccc(CN2C(=O)c3ccccc3N=C(c3ccc(F)cc3)C2C(=O)NC2CCCCC2)cc1. The van der Waals surface area contributed by atoms with Crippen molar-refractivity contribution in [2.45, 2.75) is 57.7 Å². The van der Waals surface area contributed by atoms with Crippen LogP contribution in [-0.2, 0) is 11.3 Å². The van der Waals surface area contributed by atoms with Crippen LogP contribution in [-0.4, -0.2) is 34.5 Å². The Bertz CT molecular complexity index is 1280. The predicted molar refractivity (Wildman–Crippen MR) is 139 cm³/mol. The first-order valence-electron chi connectivity index (χ1n) is 12.6. The summed E-state index contributed by atoms with van der Waals surface area (Å²) in [4.78, 5) is 34.4. The Morgan fingerprint density at radius 1 is 0.972 bits per heavy atom. The van der Waals surface area contributed by atoms with Gasteiger partial charge >= 0.3 is 0 Å². The molecule has 2 aliphatic rings. The standard InChI is InChI=1S/C30H30FN3O2/c1-20-11-13-21(14-12-20)19-34-28(29(35)32-24-7-3-2-4-8-24)27(22-15-17-23(31)18-16-22)33-26-10-6-5-9-25(26)30(34)36/h5-6,9-18,24,28H,2-4,7-8,19H2,1H3,(H,32,35). The molecule has 1 heterocycles. The fraction of sp³-hybridized carbons (Fsp3) is 0.300. The van der Waals surface area contributed by atoms with Crippen LogP contribution in [0.2, 0.25) is 0 Å². The monoisotopic (exact) mass is 483 g/mol. The van der Waals surface area contributed by atoms with E-state index in [-0.39, 0.29) is 30.2 Å². The quantitative estimate of drug-likeness (QED) is 0.504. The fourth-order valence-electron chi connectivity index (χ4n) is 5.05. The summed E-state index contributed by atoms with van der Waals surface area (Å²) in [6.45, 7) is 2.26. The van der Waals surface area contributed by atoms with Gasteiger partial charge in [-0.05, 0) is 55.2 Å². The molecule has 1 atom stereocenters. The van der Waals surface area contributed by atoms with E-state index in [2.05, 4.69) is 5.32 Å². The zero-order chi connectivity index (χ0) is 25.1. The largest absolute Gasteiger partial charge is 0.351 e. The second-order valence-corrected chi connectivity index (χ2v) is 9.69. The molecule has 1 fully saturated rings. The maximum atomic E-state index is 14.0. The second-order valence-electron chi connectivity index (χ2n) is 9.69. The molecule has 1 unspecified atom stereocenters. The second kappa shape index (κ2) is 10.4. The minimum absolute atomic E-state index is 0.0719. The summed E-state index contributed by atoms with van der Waals surface area (Å²) < 4.78 is 13.8. The van der Waals surface area contributed by atoms with Crippen LogP contribution >= 0.6 is 0 Å². The van der Waals surface area contributed by atoms with Crippen molar-refractivity contribution in [3.05, 3.63) is 101 Å². The maximum Gasteiger partial charge on any atom is 0.257 e. The lowest BCUT2D eigenvalue weighted by molar-refractivity contribution is -0.124. The average molecular weight is 484 g/mol. The average Bonchev–Trinajstić information content (AvgIpc) is 3.01. The van der Waals surface area contributed by atoms with Crippen molar-refractivity contribution >= 4 is 23.2 Å². The summed E-state index contributed by atoms with van der Waals surface area (Å²) in [6.07, 6.45) is 5.17. The van der Waals surface area contributed by atoms with Gasteiger partial charge in [-0.2, -0.15) is 0 Å². The highest BCUT2D eigenvalue weighted by Crippen LogP contribution is 2.30. The third-order valence-electron chi connectivity index (χ3n) is 7.02. The van der Waals surface area contributed by atoms with Crippen molar-refractivity contribution in [2.24, 2.45) is 4.99 Å². The highest BCUT2D eigenvalue weighted by molar-refractivity contribution is 6.21. The molecule has 0 spiro atoms. The van der Waals surface area contributed by atoms with Crippen molar-refractivity contribution < 1.29 is 14.0 Å². The van der Waals surface area contributed by atoms with Crippen LogP contribution in [0.15, 0.2) is 77.8 Å². The molecule has 6 heteroatoms. The molecule has 0 radical (unpaired) electrons. The molecule has 3 aromatic carbocycles. The number of fused-ring (bicyclic) bond motifs is 1. The molecule has 1 N–H and O–H groups in total. The first kappa shape index (κ1) is 23.9. The van der Waals surface area contributed by atoms with Crippen molar-refractivity contribution in [2.75, 3.05) is 0 Å². The maximum absolute atomic E-state index is 14.0. The van der Waals surface area contributed by atoms with Crippen molar-refractivity contribution in [1.29, 1.82) is 0 Å². The number of carbonyl (C=O) groups is 2. The molecule has 5 nitrogen and oxygen atoms in total. The van der Waals surface area contributed by atoms with E-state index in [4.69, 9.17) is 4.99 Å². The van der Waals surface area contributed by atoms with Gasteiger partial charge in [-0.15, -0.1) is 0 Å².